The molecule has 6 nitrogen and oxygen atoms in total. The second kappa shape index (κ2) is 7.42. The Morgan fingerprint density at radius 2 is 2.04 bits per heavy atom. The van der Waals surface area contributed by atoms with E-state index in [0.717, 1.165) is 11.3 Å². The molecule has 25 heavy (non-hydrogen) atoms. The van der Waals surface area contributed by atoms with Crippen LogP contribution in [0.3, 0.4) is 0 Å². The van der Waals surface area contributed by atoms with E-state index < -0.39 is 4.92 Å². The van der Waals surface area contributed by atoms with Crippen molar-refractivity contribution in [1.82, 2.24) is 4.98 Å². The van der Waals surface area contributed by atoms with Gasteiger partial charge in [0, 0.05) is 22.6 Å². The largest absolute Gasteiger partial charge is 0.288 e. The summed E-state index contributed by atoms with van der Waals surface area (Å²) >= 11 is 7.21. The minimum atomic E-state index is -0.526. The predicted molar refractivity (Wildman–Crippen MR) is 102 cm³/mol. The summed E-state index contributed by atoms with van der Waals surface area (Å²) in [6.45, 7) is 2.04. The number of nitro groups is 1. The van der Waals surface area contributed by atoms with Crippen molar-refractivity contribution in [1.29, 1.82) is 0 Å². The number of rotatable bonds is 5. The van der Waals surface area contributed by atoms with Crippen LogP contribution in [-0.2, 0) is 0 Å². The van der Waals surface area contributed by atoms with Gasteiger partial charge in [-0.15, -0.1) is 11.3 Å². The molecule has 0 aliphatic heterocycles. The second-order valence-electron chi connectivity index (χ2n) is 5.24. The molecule has 0 fully saturated rings. The molecule has 3 aromatic rings. The summed E-state index contributed by atoms with van der Waals surface area (Å²) < 4.78 is 0. The van der Waals surface area contributed by atoms with Crippen LogP contribution in [0.5, 0.6) is 0 Å². The van der Waals surface area contributed by atoms with Crippen molar-refractivity contribution in [2.24, 2.45) is 5.10 Å². The second-order valence-corrected chi connectivity index (χ2v) is 6.51. The molecule has 0 spiro atoms. The lowest BCUT2D eigenvalue weighted by Gasteiger charge is -1.98. The van der Waals surface area contributed by atoms with E-state index in [0.29, 0.717) is 10.7 Å². The maximum Gasteiger partial charge on any atom is 0.288 e. The van der Waals surface area contributed by atoms with E-state index in [2.05, 4.69) is 15.5 Å². The van der Waals surface area contributed by atoms with E-state index >= 15 is 0 Å². The summed E-state index contributed by atoms with van der Waals surface area (Å²) in [5.74, 6) is 0. The molecule has 0 aliphatic carbocycles. The molecule has 0 saturated heterocycles. The topological polar surface area (TPSA) is 80.4 Å². The highest BCUT2D eigenvalue weighted by molar-refractivity contribution is 7.14. The van der Waals surface area contributed by atoms with E-state index in [4.69, 9.17) is 11.6 Å². The lowest BCUT2D eigenvalue weighted by molar-refractivity contribution is -0.384. The molecule has 2 aromatic carbocycles. The average molecular weight is 373 g/mol. The summed E-state index contributed by atoms with van der Waals surface area (Å²) in [5, 5.41) is 17.6. The van der Waals surface area contributed by atoms with E-state index in [1.807, 2.05) is 36.6 Å². The molecule has 0 unspecified atom stereocenters. The van der Waals surface area contributed by atoms with Crippen molar-refractivity contribution < 1.29 is 4.92 Å². The summed E-state index contributed by atoms with van der Waals surface area (Å²) in [7, 11) is 0. The van der Waals surface area contributed by atoms with Gasteiger partial charge >= 0.3 is 0 Å². The van der Waals surface area contributed by atoms with Gasteiger partial charge in [0.25, 0.3) is 5.69 Å². The van der Waals surface area contributed by atoms with Crippen LogP contribution in [0.1, 0.15) is 11.1 Å². The highest BCUT2D eigenvalue weighted by Gasteiger charge is 2.11. The van der Waals surface area contributed by atoms with Gasteiger partial charge in [0.2, 0.25) is 5.13 Å². The van der Waals surface area contributed by atoms with Gasteiger partial charge in [0.05, 0.1) is 16.8 Å². The summed E-state index contributed by atoms with van der Waals surface area (Å²) in [6, 6.07) is 12.6. The van der Waals surface area contributed by atoms with Gasteiger partial charge in [-0.2, -0.15) is 5.10 Å². The Hall–Kier alpha value is -2.77. The highest BCUT2D eigenvalue weighted by atomic mass is 35.5. The zero-order chi connectivity index (χ0) is 17.8. The third kappa shape index (κ3) is 4.20. The molecule has 0 aliphatic rings. The fourth-order valence-corrected chi connectivity index (χ4v) is 2.95. The van der Waals surface area contributed by atoms with Gasteiger partial charge in [0.1, 0.15) is 5.02 Å². The Labute approximate surface area is 153 Å². The van der Waals surface area contributed by atoms with Crippen LogP contribution in [0.2, 0.25) is 5.02 Å². The predicted octanol–water partition coefficient (Wildman–Crippen LogP) is 5.13. The first-order valence-electron chi connectivity index (χ1n) is 7.28. The summed E-state index contributed by atoms with van der Waals surface area (Å²) in [6.07, 6.45) is 1.48. The molecular formula is C17H13ClN4O2S. The minimum Gasteiger partial charge on any atom is -0.258 e. The average Bonchev–Trinajstić information content (AvgIpc) is 3.05. The third-order valence-electron chi connectivity index (χ3n) is 3.39. The van der Waals surface area contributed by atoms with E-state index in [9.17, 15) is 10.1 Å². The molecule has 0 bridgehead atoms. The number of halogens is 1. The number of nitrogens with zero attached hydrogens (tertiary/aromatic N) is 3. The Kier molecular flexibility index (Phi) is 5.06. The third-order valence-corrected chi connectivity index (χ3v) is 4.46. The van der Waals surface area contributed by atoms with E-state index in [-0.39, 0.29) is 10.7 Å². The molecule has 0 amide bonds. The monoisotopic (exact) mass is 372 g/mol. The van der Waals surface area contributed by atoms with Crippen LogP contribution in [0, 0.1) is 17.0 Å². The van der Waals surface area contributed by atoms with Crippen LogP contribution in [0.4, 0.5) is 10.8 Å². The first kappa shape index (κ1) is 17.1. The first-order chi connectivity index (χ1) is 12.0. The standard InChI is InChI=1S/C17H13ClN4O2S/c1-11-2-5-13(6-3-11)15-10-25-17(20-15)21-19-9-12-4-7-14(18)16(8-12)22(23)24/h2-10H,1H3,(H,20,21)/b19-9-. The van der Waals surface area contributed by atoms with Gasteiger partial charge in [-0.05, 0) is 13.0 Å². The Bertz CT molecular complexity index is 938. The molecule has 0 atom stereocenters. The fraction of sp³-hybridized carbons (Fsp3) is 0.0588. The maximum absolute atomic E-state index is 10.9. The smallest absolute Gasteiger partial charge is 0.258 e. The normalized spacial score (nSPS) is 11.0. The van der Waals surface area contributed by atoms with E-state index in [1.165, 1.54) is 35.2 Å². The lowest BCUT2D eigenvalue weighted by atomic mass is 10.1. The number of nitrogens with one attached hydrogen (secondary N) is 1. The van der Waals surface area contributed by atoms with Gasteiger partial charge in [0.15, 0.2) is 0 Å². The number of hydrogen-bond acceptors (Lipinski definition) is 6. The van der Waals surface area contributed by atoms with Crippen molar-refractivity contribution in [3.63, 3.8) is 0 Å². The Balaban J connectivity index is 1.70. The van der Waals surface area contributed by atoms with Crippen molar-refractivity contribution >= 4 is 40.0 Å². The number of thiazole rings is 1. The number of benzene rings is 2. The molecule has 126 valence electrons. The van der Waals surface area contributed by atoms with Crippen LogP contribution >= 0.6 is 22.9 Å². The number of hydrazone groups is 1. The maximum atomic E-state index is 10.9. The molecule has 3 rings (SSSR count). The Morgan fingerprint density at radius 1 is 1.28 bits per heavy atom. The van der Waals surface area contributed by atoms with Crippen molar-refractivity contribution in [3.8, 4) is 11.3 Å². The fourth-order valence-electron chi connectivity index (χ4n) is 2.09. The first-order valence-corrected chi connectivity index (χ1v) is 8.54. The zero-order valence-electron chi connectivity index (χ0n) is 13.1. The van der Waals surface area contributed by atoms with Crippen LogP contribution in [-0.4, -0.2) is 16.1 Å². The molecule has 0 saturated carbocycles. The molecule has 1 heterocycles. The van der Waals surface area contributed by atoms with Crippen LogP contribution < -0.4 is 5.43 Å². The Morgan fingerprint density at radius 3 is 2.76 bits per heavy atom. The molecule has 8 heteroatoms. The van der Waals surface area contributed by atoms with Crippen molar-refractivity contribution in [3.05, 3.63) is 74.1 Å². The van der Waals surface area contributed by atoms with Gasteiger partial charge in [-0.25, -0.2) is 4.98 Å². The quantitative estimate of drug-likeness (QED) is 0.382. The number of nitro benzene ring substituents is 1. The van der Waals surface area contributed by atoms with Crippen molar-refractivity contribution in [2.45, 2.75) is 6.92 Å². The molecular weight excluding hydrogens is 360 g/mol. The summed E-state index contributed by atoms with van der Waals surface area (Å²) in [4.78, 5) is 14.8. The lowest BCUT2D eigenvalue weighted by Crippen LogP contribution is -1.93. The van der Waals surface area contributed by atoms with E-state index in [1.54, 1.807) is 6.07 Å². The van der Waals surface area contributed by atoms with Crippen LogP contribution in [0.15, 0.2) is 52.9 Å². The minimum absolute atomic E-state index is 0.0952. The SMILES string of the molecule is Cc1ccc(-c2csc(N/N=C\c3ccc(Cl)c([N+](=O)[O-])c3)n2)cc1. The van der Waals surface area contributed by atoms with Gasteiger partial charge < -0.3 is 0 Å². The molecule has 0 radical (unpaired) electrons. The van der Waals surface area contributed by atoms with Crippen LogP contribution in [0.25, 0.3) is 11.3 Å². The van der Waals surface area contributed by atoms with Gasteiger partial charge in [-0.3, -0.25) is 15.5 Å². The van der Waals surface area contributed by atoms with Gasteiger partial charge in [-0.1, -0.05) is 47.5 Å². The molecule has 1 aromatic heterocycles. The highest BCUT2D eigenvalue weighted by Crippen LogP contribution is 2.26. The summed E-state index contributed by atoms with van der Waals surface area (Å²) in [5.41, 5.74) is 6.34. The van der Waals surface area contributed by atoms with Crippen molar-refractivity contribution in [2.75, 3.05) is 5.43 Å². The number of aryl methyl sites for hydroxylation is 1. The number of hydrogen-bond donors (Lipinski definition) is 1. The zero-order valence-corrected chi connectivity index (χ0v) is 14.7. The molecule has 1 N–H and O–H groups in total. The number of anilines is 1. The number of aromatic nitrogens is 1.